The molecule has 17 heavy (non-hydrogen) atoms. The van der Waals surface area contributed by atoms with Gasteiger partial charge < -0.3 is 9.47 Å². The van der Waals surface area contributed by atoms with Crippen LogP contribution in [-0.4, -0.2) is 29.0 Å². The first-order valence-corrected chi connectivity index (χ1v) is 6.11. The third kappa shape index (κ3) is 2.02. The highest BCUT2D eigenvalue weighted by Crippen LogP contribution is 2.31. The van der Waals surface area contributed by atoms with E-state index in [2.05, 4.69) is 0 Å². The van der Waals surface area contributed by atoms with Gasteiger partial charge in [-0.3, -0.25) is 4.79 Å². The molecule has 0 saturated carbocycles. The number of amides is 1. The second kappa shape index (κ2) is 4.40. The topological polar surface area (TPSA) is 49.0 Å². The van der Waals surface area contributed by atoms with Crippen molar-refractivity contribution >= 4 is 39.1 Å². The van der Waals surface area contributed by atoms with E-state index in [0.717, 1.165) is 10.2 Å². The molecule has 6 heteroatoms. The minimum Gasteiger partial charge on any atom is -0.339 e. The van der Waals surface area contributed by atoms with E-state index in [1.807, 2.05) is 25.2 Å². The van der Waals surface area contributed by atoms with Crippen LogP contribution in [0.4, 0.5) is 0 Å². The maximum atomic E-state index is 12.0. The predicted octanol–water partition coefficient (Wildman–Crippen LogP) is 2.49. The van der Waals surface area contributed by atoms with E-state index >= 15 is 0 Å². The lowest BCUT2D eigenvalue weighted by Crippen LogP contribution is -2.28. The molecule has 0 spiro atoms. The molecule has 2 aromatic rings. The Kier molecular flexibility index (Phi) is 3.09. The third-order valence-electron chi connectivity index (χ3n) is 2.57. The number of thiophene rings is 1. The number of hydrogen-bond donors (Lipinski definition) is 0. The first-order valence-electron chi connectivity index (χ1n) is 4.91. The summed E-state index contributed by atoms with van der Waals surface area (Å²) in [7, 11) is 3.43. The maximum absolute atomic E-state index is 12.0. The van der Waals surface area contributed by atoms with E-state index in [4.69, 9.17) is 16.9 Å². The average Bonchev–Trinajstić information content (AvgIpc) is 2.77. The number of hydrogen-bond acceptors (Lipinski definition) is 3. The van der Waals surface area contributed by atoms with E-state index < -0.39 is 0 Å². The Morgan fingerprint density at radius 2 is 2.35 bits per heavy atom. The third-order valence-corrected chi connectivity index (χ3v) is 3.77. The largest absolute Gasteiger partial charge is 0.339 e. The summed E-state index contributed by atoms with van der Waals surface area (Å²) in [6.45, 7) is 0.0818. The number of halogens is 1. The highest BCUT2D eigenvalue weighted by molar-refractivity contribution is 7.22. The van der Waals surface area contributed by atoms with Gasteiger partial charge in [0.1, 0.15) is 12.2 Å². The fourth-order valence-electron chi connectivity index (χ4n) is 1.66. The maximum Gasteiger partial charge on any atom is 0.271 e. The molecule has 2 heterocycles. The minimum absolute atomic E-state index is 0.0818. The second-order valence-corrected chi connectivity index (χ2v) is 5.42. The summed E-state index contributed by atoms with van der Waals surface area (Å²) >= 11 is 7.35. The van der Waals surface area contributed by atoms with Gasteiger partial charge in [0, 0.05) is 14.1 Å². The molecule has 0 aliphatic heterocycles. The number of aryl methyl sites for hydroxylation is 1. The van der Waals surface area contributed by atoms with Crippen molar-refractivity contribution in [2.75, 3.05) is 13.6 Å². The molecular formula is C11H10ClN3OS. The Balaban J connectivity index is 2.43. The number of carbonyl (C=O) groups excluding carboxylic acids is 1. The zero-order valence-corrected chi connectivity index (χ0v) is 11.0. The molecule has 0 N–H and O–H groups in total. The normalized spacial score (nSPS) is 10.5. The number of rotatable bonds is 2. The number of carbonyl (C=O) groups is 1. The summed E-state index contributed by atoms with van der Waals surface area (Å²) in [6.07, 6.45) is 0. The van der Waals surface area contributed by atoms with Crippen LogP contribution in [-0.2, 0) is 7.05 Å². The highest BCUT2D eigenvalue weighted by Gasteiger charge is 2.18. The molecule has 0 unspecified atom stereocenters. The van der Waals surface area contributed by atoms with Gasteiger partial charge in [0.25, 0.3) is 5.91 Å². The van der Waals surface area contributed by atoms with Crippen molar-refractivity contribution in [3.8, 4) is 6.07 Å². The van der Waals surface area contributed by atoms with Crippen LogP contribution in [0.5, 0.6) is 0 Å². The molecule has 0 bridgehead atoms. The fraction of sp³-hybridized carbons (Fsp3) is 0.273. The molecule has 88 valence electrons. The molecule has 1 amide bonds. The lowest BCUT2D eigenvalue weighted by Gasteiger charge is -2.13. The summed E-state index contributed by atoms with van der Waals surface area (Å²) in [5.41, 5.74) is 1.51. The van der Waals surface area contributed by atoms with Crippen molar-refractivity contribution in [3.05, 3.63) is 22.2 Å². The van der Waals surface area contributed by atoms with Crippen LogP contribution in [0.3, 0.4) is 0 Å². The van der Waals surface area contributed by atoms with Gasteiger partial charge in [-0.15, -0.1) is 11.3 Å². The molecule has 4 nitrogen and oxygen atoms in total. The van der Waals surface area contributed by atoms with E-state index in [-0.39, 0.29) is 12.5 Å². The van der Waals surface area contributed by atoms with Crippen molar-refractivity contribution in [3.63, 3.8) is 0 Å². The van der Waals surface area contributed by atoms with Gasteiger partial charge in [-0.1, -0.05) is 11.6 Å². The van der Waals surface area contributed by atoms with Crippen molar-refractivity contribution in [1.29, 1.82) is 5.26 Å². The number of nitriles is 1. The summed E-state index contributed by atoms with van der Waals surface area (Å²) in [6, 6.07) is 5.60. The van der Waals surface area contributed by atoms with Crippen LogP contribution in [0.15, 0.2) is 12.1 Å². The smallest absolute Gasteiger partial charge is 0.271 e. The van der Waals surface area contributed by atoms with Gasteiger partial charge >= 0.3 is 0 Å². The lowest BCUT2D eigenvalue weighted by molar-refractivity contribution is 0.0803. The van der Waals surface area contributed by atoms with Crippen molar-refractivity contribution in [1.82, 2.24) is 9.47 Å². The van der Waals surface area contributed by atoms with Gasteiger partial charge in [0.2, 0.25) is 0 Å². The van der Waals surface area contributed by atoms with Crippen LogP contribution in [0.2, 0.25) is 4.34 Å². The van der Waals surface area contributed by atoms with Gasteiger partial charge in [0.15, 0.2) is 0 Å². The monoisotopic (exact) mass is 267 g/mol. The van der Waals surface area contributed by atoms with Crippen LogP contribution >= 0.6 is 22.9 Å². The number of nitrogens with zero attached hydrogens (tertiary/aromatic N) is 3. The second-order valence-electron chi connectivity index (χ2n) is 3.71. The van der Waals surface area contributed by atoms with Crippen LogP contribution < -0.4 is 0 Å². The predicted molar refractivity (Wildman–Crippen MR) is 68.4 cm³/mol. The molecule has 2 rings (SSSR count). The quantitative estimate of drug-likeness (QED) is 0.785. The molecule has 0 aromatic carbocycles. The SMILES string of the molecule is CN(CC#N)C(=O)c1cc2sc(Cl)cc2n1C. The summed E-state index contributed by atoms with van der Waals surface area (Å²) < 4.78 is 3.48. The van der Waals surface area contributed by atoms with Crippen LogP contribution in [0.1, 0.15) is 10.5 Å². The Bertz CT molecular complexity index is 622. The zero-order valence-electron chi connectivity index (χ0n) is 9.40. The summed E-state index contributed by atoms with van der Waals surface area (Å²) in [5, 5.41) is 8.57. The van der Waals surface area contributed by atoms with Crippen molar-refractivity contribution in [2.24, 2.45) is 7.05 Å². The Labute approximate surface area is 108 Å². The van der Waals surface area contributed by atoms with Crippen LogP contribution in [0.25, 0.3) is 10.2 Å². The molecule has 0 aliphatic rings. The summed E-state index contributed by atoms with van der Waals surface area (Å²) in [4.78, 5) is 13.4. The van der Waals surface area contributed by atoms with Crippen LogP contribution in [0, 0.1) is 11.3 Å². The Morgan fingerprint density at radius 1 is 1.65 bits per heavy atom. The Hall–Kier alpha value is -1.51. The van der Waals surface area contributed by atoms with E-state index in [9.17, 15) is 4.79 Å². The molecule has 0 radical (unpaired) electrons. The Morgan fingerprint density at radius 3 is 2.94 bits per heavy atom. The molecule has 2 aromatic heterocycles. The minimum atomic E-state index is -0.159. The summed E-state index contributed by atoms with van der Waals surface area (Å²) in [5.74, 6) is -0.159. The molecule has 0 fully saturated rings. The molecular weight excluding hydrogens is 258 g/mol. The van der Waals surface area contributed by atoms with Gasteiger partial charge in [-0.25, -0.2) is 0 Å². The standard InChI is InChI=1S/C11H10ClN3OS/c1-14(4-3-13)11(16)8-5-9-7(15(8)2)6-10(12)17-9/h5-6H,4H2,1-2H3. The number of aromatic nitrogens is 1. The van der Waals surface area contributed by atoms with Crippen molar-refractivity contribution in [2.45, 2.75) is 0 Å². The first-order chi connectivity index (χ1) is 8.04. The van der Waals surface area contributed by atoms with E-state index in [1.165, 1.54) is 16.2 Å². The number of fused-ring (bicyclic) bond motifs is 1. The van der Waals surface area contributed by atoms with Gasteiger partial charge in [0.05, 0.1) is 20.6 Å². The van der Waals surface area contributed by atoms with Gasteiger partial charge in [-0.05, 0) is 12.1 Å². The molecule has 0 saturated heterocycles. The molecule has 0 aliphatic carbocycles. The van der Waals surface area contributed by atoms with Crippen molar-refractivity contribution < 1.29 is 4.79 Å². The van der Waals surface area contributed by atoms with E-state index in [1.54, 1.807) is 11.6 Å². The first kappa shape index (κ1) is 12.0. The lowest BCUT2D eigenvalue weighted by atomic mass is 10.3. The fourth-order valence-corrected chi connectivity index (χ4v) is 2.86. The highest BCUT2D eigenvalue weighted by atomic mass is 35.5. The van der Waals surface area contributed by atoms with Gasteiger partial charge in [-0.2, -0.15) is 5.26 Å². The van der Waals surface area contributed by atoms with E-state index in [0.29, 0.717) is 10.0 Å². The average molecular weight is 268 g/mol. The molecule has 0 atom stereocenters. The zero-order chi connectivity index (χ0) is 12.6.